The highest BCUT2D eigenvalue weighted by Crippen LogP contribution is 2.17. The van der Waals surface area contributed by atoms with E-state index in [0.29, 0.717) is 5.56 Å². The second-order valence-corrected chi connectivity index (χ2v) is 4.78. The smallest absolute Gasteiger partial charge is 0.323 e. The number of aliphatic carboxylic acids is 1. The van der Waals surface area contributed by atoms with Crippen LogP contribution in [-0.2, 0) is 17.8 Å². The molecule has 1 aromatic rings. The van der Waals surface area contributed by atoms with Crippen LogP contribution in [0.25, 0.3) is 0 Å². The molecule has 0 bridgehead atoms. The van der Waals surface area contributed by atoms with Crippen molar-refractivity contribution in [2.24, 2.45) is 0 Å². The molecule has 2 N–H and O–H groups in total. The summed E-state index contributed by atoms with van der Waals surface area (Å²) >= 11 is 0. The summed E-state index contributed by atoms with van der Waals surface area (Å²) in [6, 6.07) is 5.57. The van der Waals surface area contributed by atoms with Crippen LogP contribution in [0.3, 0.4) is 0 Å². The second kappa shape index (κ2) is 6.34. The number of nitrogens with zero attached hydrogens (tertiary/aromatic N) is 1. The van der Waals surface area contributed by atoms with Gasteiger partial charge < -0.3 is 15.3 Å². The predicted molar refractivity (Wildman–Crippen MR) is 75.6 cm³/mol. The normalized spacial score (nSPS) is 13.4. The summed E-state index contributed by atoms with van der Waals surface area (Å²) in [5.74, 6) is -1.31. The Labute approximate surface area is 117 Å². The molecule has 0 aromatic heterocycles. The Bertz CT molecular complexity index is 540. The monoisotopic (exact) mass is 274 g/mol. The minimum Gasteiger partial charge on any atom is -0.480 e. The van der Waals surface area contributed by atoms with E-state index in [0.717, 1.165) is 25.1 Å². The fourth-order valence-electron chi connectivity index (χ4n) is 2.33. The van der Waals surface area contributed by atoms with Crippen LogP contribution in [0.15, 0.2) is 30.9 Å². The Morgan fingerprint density at radius 2 is 2.20 bits per heavy atom. The molecule has 1 aromatic carbocycles. The number of carboxylic acids is 1. The molecule has 5 heteroatoms. The van der Waals surface area contributed by atoms with Gasteiger partial charge in [0.05, 0.1) is 0 Å². The van der Waals surface area contributed by atoms with Crippen molar-refractivity contribution in [3.63, 3.8) is 0 Å². The van der Waals surface area contributed by atoms with Gasteiger partial charge in [-0.25, -0.2) is 0 Å². The SMILES string of the molecule is C=CCN(CC(=O)O)C(=O)c1ccc2c(c1)CNCC2. The summed E-state index contributed by atoms with van der Waals surface area (Å²) < 4.78 is 0. The molecule has 0 aliphatic carbocycles. The Morgan fingerprint density at radius 1 is 1.40 bits per heavy atom. The quantitative estimate of drug-likeness (QED) is 0.787. The number of carbonyl (C=O) groups is 2. The maximum atomic E-state index is 12.4. The first-order valence-corrected chi connectivity index (χ1v) is 6.56. The van der Waals surface area contributed by atoms with E-state index in [1.807, 2.05) is 12.1 Å². The van der Waals surface area contributed by atoms with Crippen LogP contribution < -0.4 is 5.32 Å². The van der Waals surface area contributed by atoms with Crippen LogP contribution in [0, 0.1) is 0 Å². The number of rotatable bonds is 5. The number of carboxylic acid groups (broad SMARTS) is 1. The van der Waals surface area contributed by atoms with Gasteiger partial charge in [-0.05, 0) is 36.2 Å². The molecule has 2 rings (SSSR count). The van der Waals surface area contributed by atoms with E-state index < -0.39 is 5.97 Å². The van der Waals surface area contributed by atoms with E-state index >= 15 is 0 Å². The van der Waals surface area contributed by atoms with Crippen LogP contribution in [0.4, 0.5) is 0 Å². The first kappa shape index (κ1) is 14.3. The maximum absolute atomic E-state index is 12.4. The van der Waals surface area contributed by atoms with Crippen LogP contribution in [0.1, 0.15) is 21.5 Å². The van der Waals surface area contributed by atoms with Gasteiger partial charge >= 0.3 is 5.97 Å². The van der Waals surface area contributed by atoms with Crippen molar-refractivity contribution in [1.29, 1.82) is 0 Å². The number of fused-ring (bicyclic) bond motifs is 1. The molecule has 20 heavy (non-hydrogen) atoms. The predicted octanol–water partition coefficient (Wildman–Crippen LogP) is 1.05. The van der Waals surface area contributed by atoms with Crippen molar-refractivity contribution in [2.45, 2.75) is 13.0 Å². The van der Waals surface area contributed by atoms with Crippen LogP contribution in [0.5, 0.6) is 0 Å². The summed E-state index contributed by atoms with van der Waals surface area (Å²) in [4.78, 5) is 24.4. The fourth-order valence-corrected chi connectivity index (χ4v) is 2.33. The summed E-state index contributed by atoms with van der Waals surface area (Å²) in [7, 11) is 0. The van der Waals surface area contributed by atoms with Gasteiger partial charge in [-0.15, -0.1) is 6.58 Å². The maximum Gasteiger partial charge on any atom is 0.323 e. The number of nitrogens with one attached hydrogen (secondary N) is 1. The van der Waals surface area contributed by atoms with Crippen molar-refractivity contribution in [3.05, 3.63) is 47.5 Å². The third-order valence-corrected chi connectivity index (χ3v) is 3.30. The first-order chi connectivity index (χ1) is 9.61. The molecule has 1 heterocycles. The molecule has 1 aliphatic rings. The highest BCUT2D eigenvalue weighted by atomic mass is 16.4. The fraction of sp³-hybridized carbons (Fsp3) is 0.333. The van der Waals surface area contributed by atoms with Crippen LogP contribution in [-0.4, -0.2) is 41.5 Å². The Kier molecular flexibility index (Phi) is 4.53. The van der Waals surface area contributed by atoms with Gasteiger partial charge in [0.1, 0.15) is 6.54 Å². The van der Waals surface area contributed by atoms with Gasteiger partial charge in [0, 0.05) is 18.7 Å². The largest absolute Gasteiger partial charge is 0.480 e. The van der Waals surface area contributed by atoms with Gasteiger partial charge in [0.15, 0.2) is 0 Å². The lowest BCUT2D eigenvalue weighted by Gasteiger charge is -2.21. The summed E-state index contributed by atoms with van der Waals surface area (Å²) in [6.07, 6.45) is 2.48. The van der Waals surface area contributed by atoms with Gasteiger partial charge in [-0.3, -0.25) is 9.59 Å². The van der Waals surface area contributed by atoms with Gasteiger partial charge in [-0.1, -0.05) is 12.1 Å². The summed E-state index contributed by atoms with van der Waals surface area (Å²) in [5.41, 5.74) is 2.88. The number of amides is 1. The molecule has 0 saturated heterocycles. The van der Waals surface area contributed by atoms with Crippen molar-refractivity contribution in [2.75, 3.05) is 19.6 Å². The molecule has 5 nitrogen and oxygen atoms in total. The number of benzene rings is 1. The average Bonchev–Trinajstić information content (AvgIpc) is 2.45. The Hall–Kier alpha value is -2.14. The molecule has 106 valence electrons. The summed E-state index contributed by atoms with van der Waals surface area (Å²) in [6.45, 7) is 5.15. The molecular formula is C15H18N2O3. The lowest BCUT2D eigenvalue weighted by molar-refractivity contribution is -0.137. The molecule has 0 unspecified atom stereocenters. The lowest BCUT2D eigenvalue weighted by Crippen LogP contribution is -2.36. The van der Waals surface area contributed by atoms with Gasteiger partial charge in [-0.2, -0.15) is 0 Å². The zero-order valence-electron chi connectivity index (χ0n) is 11.3. The van der Waals surface area contributed by atoms with E-state index in [4.69, 9.17) is 5.11 Å². The van der Waals surface area contributed by atoms with Crippen molar-refractivity contribution in [3.8, 4) is 0 Å². The minimum absolute atomic E-state index is 0.223. The zero-order chi connectivity index (χ0) is 14.5. The van der Waals surface area contributed by atoms with Crippen molar-refractivity contribution in [1.82, 2.24) is 10.2 Å². The van der Waals surface area contributed by atoms with Gasteiger partial charge in [0.25, 0.3) is 5.91 Å². The molecule has 0 spiro atoms. The molecule has 0 fully saturated rings. The molecule has 1 amide bonds. The number of carbonyl (C=O) groups excluding carboxylic acids is 1. The minimum atomic E-state index is -1.03. The molecule has 1 aliphatic heterocycles. The van der Waals surface area contributed by atoms with Crippen molar-refractivity contribution < 1.29 is 14.7 Å². The molecule has 0 atom stereocenters. The molecule has 0 saturated carbocycles. The summed E-state index contributed by atoms with van der Waals surface area (Å²) in [5, 5.41) is 12.1. The van der Waals surface area contributed by atoms with Gasteiger partial charge in [0.2, 0.25) is 0 Å². The number of hydrogen-bond acceptors (Lipinski definition) is 3. The average molecular weight is 274 g/mol. The van der Waals surface area contributed by atoms with Crippen molar-refractivity contribution >= 4 is 11.9 Å². The second-order valence-electron chi connectivity index (χ2n) is 4.78. The molecular weight excluding hydrogens is 256 g/mol. The van der Waals surface area contributed by atoms with Crippen LogP contribution >= 0.6 is 0 Å². The van der Waals surface area contributed by atoms with E-state index in [-0.39, 0.29) is 19.0 Å². The lowest BCUT2D eigenvalue weighted by atomic mass is 9.98. The van der Waals surface area contributed by atoms with E-state index in [1.54, 1.807) is 6.07 Å². The highest BCUT2D eigenvalue weighted by molar-refractivity contribution is 5.96. The van der Waals surface area contributed by atoms with Crippen LogP contribution in [0.2, 0.25) is 0 Å². The van der Waals surface area contributed by atoms with E-state index in [9.17, 15) is 9.59 Å². The zero-order valence-corrected chi connectivity index (χ0v) is 11.3. The Balaban J connectivity index is 2.22. The first-order valence-electron chi connectivity index (χ1n) is 6.56. The number of hydrogen-bond donors (Lipinski definition) is 2. The third kappa shape index (κ3) is 3.24. The topological polar surface area (TPSA) is 69.6 Å². The highest BCUT2D eigenvalue weighted by Gasteiger charge is 2.19. The van der Waals surface area contributed by atoms with E-state index in [2.05, 4.69) is 11.9 Å². The standard InChI is InChI=1S/C15H18N2O3/c1-2-7-17(10-14(18)19)15(20)12-4-3-11-5-6-16-9-13(11)8-12/h2-4,8,16H,1,5-7,9-10H2,(H,18,19). The molecule has 0 radical (unpaired) electrons. The third-order valence-electron chi connectivity index (χ3n) is 3.30. The van der Waals surface area contributed by atoms with E-state index in [1.165, 1.54) is 16.5 Å². The Morgan fingerprint density at radius 3 is 2.90 bits per heavy atom.